The molecule has 0 unspecified atom stereocenters. The number of fused-ring (bicyclic) bond motifs is 3. The third-order valence-corrected chi connectivity index (χ3v) is 5.27. The molecule has 2 aromatic heterocycles. The van der Waals surface area contributed by atoms with Crippen LogP contribution in [0.3, 0.4) is 0 Å². The van der Waals surface area contributed by atoms with Crippen LogP contribution in [0.4, 0.5) is 0 Å². The summed E-state index contributed by atoms with van der Waals surface area (Å²) in [5.74, 6) is 0.621. The molecule has 0 radical (unpaired) electrons. The van der Waals surface area contributed by atoms with E-state index in [1.54, 1.807) is 0 Å². The van der Waals surface area contributed by atoms with Gasteiger partial charge in [-0.1, -0.05) is 12.1 Å². The van der Waals surface area contributed by atoms with Crippen LogP contribution in [0.2, 0.25) is 0 Å². The second-order valence-corrected chi connectivity index (χ2v) is 7.26. The van der Waals surface area contributed by atoms with Gasteiger partial charge in [-0.3, -0.25) is 0 Å². The Morgan fingerprint density at radius 3 is 2.81 bits per heavy atom. The highest BCUT2D eigenvalue weighted by molar-refractivity contribution is 5.91. The monoisotopic (exact) mass is 347 g/mol. The normalized spacial score (nSPS) is 21.5. The van der Waals surface area contributed by atoms with Gasteiger partial charge < -0.3 is 19.7 Å². The Hall–Kier alpha value is -2.79. The van der Waals surface area contributed by atoms with Gasteiger partial charge in [-0.15, -0.1) is 0 Å². The summed E-state index contributed by atoms with van der Waals surface area (Å²) in [6.07, 6.45) is 7.35. The van der Waals surface area contributed by atoms with E-state index in [4.69, 9.17) is 4.74 Å². The predicted octanol–water partition coefficient (Wildman–Crippen LogP) is 3.55. The Bertz CT molecular complexity index is 984. The smallest absolute Gasteiger partial charge is 0.213 e. The van der Waals surface area contributed by atoms with Crippen molar-refractivity contribution in [1.82, 2.24) is 14.9 Å². The molecule has 0 bridgehead atoms. The molecule has 0 saturated heterocycles. The van der Waals surface area contributed by atoms with Gasteiger partial charge in [0.2, 0.25) is 5.88 Å². The largest absolute Gasteiger partial charge is 0.474 e. The van der Waals surface area contributed by atoms with Crippen molar-refractivity contribution in [2.24, 2.45) is 0 Å². The molecule has 5 nitrogen and oxygen atoms in total. The summed E-state index contributed by atoms with van der Waals surface area (Å²) in [4.78, 5) is 10.1. The molecule has 132 valence electrons. The molecular formula is C21H21N3O2. The maximum Gasteiger partial charge on any atom is 0.213 e. The summed E-state index contributed by atoms with van der Waals surface area (Å²) in [5.41, 5.74) is 5.89. The van der Waals surface area contributed by atoms with Crippen molar-refractivity contribution >= 4 is 17.0 Å². The van der Waals surface area contributed by atoms with Gasteiger partial charge in [0.05, 0.1) is 6.10 Å². The summed E-state index contributed by atoms with van der Waals surface area (Å²) < 4.78 is 5.76. The van der Waals surface area contributed by atoms with Gasteiger partial charge in [0.25, 0.3) is 0 Å². The minimum absolute atomic E-state index is 0.0936. The quantitative estimate of drug-likeness (QED) is 0.761. The zero-order chi connectivity index (χ0) is 17.7. The highest BCUT2D eigenvalue weighted by atomic mass is 16.5. The zero-order valence-electron chi connectivity index (χ0n) is 14.6. The van der Waals surface area contributed by atoms with Crippen molar-refractivity contribution in [3.05, 3.63) is 54.0 Å². The highest BCUT2D eigenvalue weighted by Crippen LogP contribution is 2.31. The van der Waals surface area contributed by atoms with E-state index in [0.717, 1.165) is 23.2 Å². The van der Waals surface area contributed by atoms with Crippen LogP contribution in [-0.2, 0) is 6.54 Å². The molecule has 0 spiro atoms. The molecule has 5 rings (SSSR count). The predicted molar refractivity (Wildman–Crippen MR) is 102 cm³/mol. The fourth-order valence-electron chi connectivity index (χ4n) is 3.70. The molecular weight excluding hydrogens is 326 g/mol. The van der Waals surface area contributed by atoms with E-state index in [0.29, 0.717) is 18.7 Å². The number of benzene rings is 1. The van der Waals surface area contributed by atoms with E-state index < -0.39 is 0 Å². The number of rotatable bonds is 3. The van der Waals surface area contributed by atoms with Crippen LogP contribution in [0.15, 0.2) is 42.7 Å². The van der Waals surface area contributed by atoms with Crippen LogP contribution in [0, 0.1) is 0 Å². The number of H-pyrrole nitrogens is 1. The summed E-state index contributed by atoms with van der Waals surface area (Å²) in [7, 11) is 2.09. The number of pyridine rings is 1. The number of hydrogen-bond acceptors (Lipinski definition) is 4. The summed E-state index contributed by atoms with van der Waals surface area (Å²) >= 11 is 0. The lowest BCUT2D eigenvalue weighted by Gasteiger charge is -2.31. The average Bonchev–Trinajstić information content (AvgIpc) is 2.98. The summed E-state index contributed by atoms with van der Waals surface area (Å²) in [5, 5.41) is 10.6. The fourth-order valence-corrected chi connectivity index (χ4v) is 3.70. The van der Waals surface area contributed by atoms with Crippen LogP contribution in [0.25, 0.3) is 28.1 Å². The van der Waals surface area contributed by atoms with Crippen LogP contribution in [-0.4, -0.2) is 39.2 Å². The first-order chi connectivity index (χ1) is 12.7. The standard InChI is InChI=1S/C21H21N3O2/c1-24-7-6-19-18(12-24)17-4-2-13(8-20(17)23-19)14-3-5-21(22-11-14)26-16-9-15(25)10-16/h2-8,11,15-16,23,25H,9-10,12H2,1H3. The van der Waals surface area contributed by atoms with Crippen molar-refractivity contribution in [1.29, 1.82) is 0 Å². The Balaban J connectivity index is 1.41. The van der Waals surface area contributed by atoms with E-state index in [1.165, 1.54) is 16.6 Å². The van der Waals surface area contributed by atoms with Crippen LogP contribution >= 0.6 is 0 Å². The van der Waals surface area contributed by atoms with Gasteiger partial charge in [0.1, 0.15) is 6.10 Å². The Kier molecular flexibility index (Phi) is 3.50. The van der Waals surface area contributed by atoms with Crippen molar-refractivity contribution in [3.63, 3.8) is 0 Å². The molecule has 3 aromatic rings. The SMILES string of the molecule is CN1C=Cc2[nH]c3cc(-c4ccc(OC5CC(O)C5)nc4)ccc3c2C1. The minimum atomic E-state index is -0.216. The highest BCUT2D eigenvalue weighted by Gasteiger charge is 2.29. The molecule has 2 N–H and O–H groups in total. The fraction of sp³-hybridized carbons (Fsp3) is 0.286. The number of nitrogens with one attached hydrogen (secondary N) is 1. The van der Waals surface area contributed by atoms with E-state index in [9.17, 15) is 5.11 Å². The number of aliphatic hydroxyl groups is 1. The van der Waals surface area contributed by atoms with E-state index >= 15 is 0 Å². The number of aromatic nitrogens is 2. The lowest BCUT2D eigenvalue weighted by Crippen LogP contribution is -2.37. The Labute approximate surface area is 151 Å². The topological polar surface area (TPSA) is 61.4 Å². The molecule has 26 heavy (non-hydrogen) atoms. The first-order valence-corrected chi connectivity index (χ1v) is 9.00. The zero-order valence-corrected chi connectivity index (χ0v) is 14.6. The first-order valence-electron chi connectivity index (χ1n) is 9.00. The van der Waals surface area contributed by atoms with E-state index in [-0.39, 0.29) is 12.2 Å². The maximum atomic E-state index is 9.34. The number of aliphatic hydroxyl groups excluding tert-OH is 1. The van der Waals surface area contributed by atoms with Crippen LogP contribution < -0.4 is 4.74 Å². The van der Waals surface area contributed by atoms with Gasteiger partial charge in [0.15, 0.2) is 0 Å². The molecule has 1 fully saturated rings. The van der Waals surface area contributed by atoms with Gasteiger partial charge in [0, 0.05) is 72.6 Å². The van der Waals surface area contributed by atoms with Gasteiger partial charge in [-0.05, 0) is 23.8 Å². The van der Waals surface area contributed by atoms with Crippen LogP contribution in [0.1, 0.15) is 24.1 Å². The second-order valence-electron chi connectivity index (χ2n) is 7.26. The summed E-state index contributed by atoms with van der Waals surface area (Å²) in [6, 6.07) is 10.5. The van der Waals surface area contributed by atoms with Crippen LogP contribution in [0.5, 0.6) is 5.88 Å². The lowest BCUT2D eigenvalue weighted by atomic mass is 9.92. The first kappa shape index (κ1) is 15.5. The van der Waals surface area contributed by atoms with Crippen molar-refractivity contribution < 1.29 is 9.84 Å². The number of hydrogen-bond donors (Lipinski definition) is 2. The van der Waals surface area contributed by atoms with Gasteiger partial charge in [-0.25, -0.2) is 4.98 Å². The number of nitrogens with zero attached hydrogens (tertiary/aromatic N) is 2. The molecule has 1 saturated carbocycles. The molecule has 2 aliphatic rings. The molecule has 0 amide bonds. The van der Waals surface area contributed by atoms with Gasteiger partial charge in [-0.2, -0.15) is 0 Å². The maximum absolute atomic E-state index is 9.34. The van der Waals surface area contributed by atoms with E-state index in [1.807, 2.05) is 18.3 Å². The Morgan fingerprint density at radius 1 is 1.19 bits per heavy atom. The minimum Gasteiger partial charge on any atom is -0.474 e. The molecule has 3 heterocycles. The Morgan fingerprint density at radius 2 is 2.04 bits per heavy atom. The number of aromatic amines is 1. The van der Waals surface area contributed by atoms with E-state index in [2.05, 4.69) is 52.4 Å². The van der Waals surface area contributed by atoms with Gasteiger partial charge >= 0.3 is 0 Å². The average molecular weight is 347 g/mol. The third kappa shape index (κ3) is 2.65. The molecule has 1 aliphatic heterocycles. The molecule has 1 aromatic carbocycles. The second kappa shape index (κ2) is 5.88. The van der Waals surface area contributed by atoms with Crippen molar-refractivity contribution in [2.75, 3.05) is 7.05 Å². The molecule has 0 atom stereocenters. The van der Waals surface area contributed by atoms with Crippen molar-refractivity contribution in [3.8, 4) is 17.0 Å². The third-order valence-electron chi connectivity index (χ3n) is 5.27. The van der Waals surface area contributed by atoms with Crippen molar-refractivity contribution in [2.45, 2.75) is 31.6 Å². The lowest BCUT2D eigenvalue weighted by molar-refractivity contribution is -0.0128. The number of ether oxygens (including phenoxy) is 1. The molecule has 1 aliphatic carbocycles. The summed E-state index contributed by atoms with van der Waals surface area (Å²) in [6.45, 7) is 0.925. The molecule has 5 heteroatoms.